The SMILES string of the molecule is Cc1nc(-c2cccc(Cl)c2)sc1C(=O)NS(=O)(=O)c1ccccc1S(N)(=O)=O. The van der Waals surface area contributed by atoms with E-state index in [1.807, 2.05) is 4.72 Å². The van der Waals surface area contributed by atoms with Crippen LogP contribution in [0.2, 0.25) is 5.02 Å². The molecule has 1 aromatic heterocycles. The van der Waals surface area contributed by atoms with Gasteiger partial charge in [0.25, 0.3) is 15.9 Å². The van der Waals surface area contributed by atoms with Gasteiger partial charge in [0.1, 0.15) is 19.7 Å². The lowest BCUT2D eigenvalue weighted by molar-refractivity contribution is 0.0984. The summed E-state index contributed by atoms with van der Waals surface area (Å²) in [5, 5.41) is 6.05. The third-order valence-electron chi connectivity index (χ3n) is 3.75. The van der Waals surface area contributed by atoms with Crippen LogP contribution in [0.5, 0.6) is 0 Å². The molecule has 0 saturated carbocycles. The minimum atomic E-state index is -4.50. The van der Waals surface area contributed by atoms with Crippen LogP contribution in [0.15, 0.2) is 58.3 Å². The van der Waals surface area contributed by atoms with Crippen LogP contribution in [0.1, 0.15) is 15.4 Å². The van der Waals surface area contributed by atoms with Crippen molar-refractivity contribution >= 4 is 48.9 Å². The quantitative estimate of drug-likeness (QED) is 0.586. The van der Waals surface area contributed by atoms with Gasteiger partial charge in [0.15, 0.2) is 0 Å². The van der Waals surface area contributed by atoms with Crippen molar-refractivity contribution in [2.75, 3.05) is 0 Å². The largest absolute Gasteiger partial charge is 0.277 e. The zero-order chi connectivity index (χ0) is 21.4. The molecule has 0 spiro atoms. The van der Waals surface area contributed by atoms with Gasteiger partial charge in [-0.2, -0.15) is 0 Å². The van der Waals surface area contributed by atoms with E-state index in [-0.39, 0.29) is 4.88 Å². The number of hydrogen-bond acceptors (Lipinski definition) is 7. The lowest BCUT2D eigenvalue weighted by atomic mass is 10.2. The fourth-order valence-electron chi connectivity index (χ4n) is 2.48. The average molecular weight is 472 g/mol. The molecular formula is C17H14ClN3O5S3. The number of primary sulfonamides is 1. The minimum Gasteiger partial charge on any atom is -0.267 e. The molecule has 3 rings (SSSR count). The van der Waals surface area contributed by atoms with Crippen LogP contribution in [0.25, 0.3) is 10.6 Å². The maximum atomic E-state index is 12.6. The number of thiazole rings is 1. The van der Waals surface area contributed by atoms with Crippen molar-refractivity contribution in [3.63, 3.8) is 0 Å². The highest BCUT2D eigenvalue weighted by Gasteiger charge is 2.27. The Morgan fingerprint density at radius 1 is 1.07 bits per heavy atom. The number of carbonyl (C=O) groups excluding carboxylic acids is 1. The van der Waals surface area contributed by atoms with E-state index >= 15 is 0 Å². The van der Waals surface area contributed by atoms with Crippen molar-refractivity contribution in [2.24, 2.45) is 5.14 Å². The number of carbonyl (C=O) groups is 1. The first-order valence-electron chi connectivity index (χ1n) is 7.91. The molecule has 3 aromatic rings. The second-order valence-corrected chi connectivity index (χ2v) is 10.5. The van der Waals surface area contributed by atoms with E-state index in [4.69, 9.17) is 16.7 Å². The highest BCUT2D eigenvalue weighted by atomic mass is 35.5. The highest BCUT2D eigenvalue weighted by Crippen LogP contribution is 2.30. The summed E-state index contributed by atoms with van der Waals surface area (Å²) in [5.74, 6) is -0.933. The van der Waals surface area contributed by atoms with E-state index in [1.165, 1.54) is 12.1 Å². The second-order valence-electron chi connectivity index (χ2n) is 5.87. The molecule has 152 valence electrons. The molecule has 0 atom stereocenters. The van der Waals surface area contributed by atoms with E-state index < -0.39 is 35.7 Å². The Bertz CT molecular complexity index is 1320. The van der Waals surface area contributed by atoms with Gasteiger partial charge in [-0.15, -0.1) is 11.3 Å². The molecule has 2 aromatic carbocycles. The van der Waals surface area contributed by atoms with Crippen LogP contribution in [0.3, 0.4) is 0 Å². The van der Waals surface area contributed by atoms with Gasteiger partial charge in [-0.25, -0.2) is 31.7 Å². The van der Waals surface area contributed by atoms with Gasteiger partial charge in [0.05, 0.1) is 5.69 Å². The third kappa shape index (κ3) is 4.65. The van der Waals surface area contributed by atoms with E-state index in [0.717, 1.165) is 23.5 Å². The number of aryl methyl sites for hydroxylation is 1. The fourth-order valence-corrected chi connectivity index (χ4v) is 6.04. The first-order valence-corrected chi connectivity index (χ1v) is 12.1. The Morgan fingerprint density at radius 2 is 1.72 bits per heavy atom. The van der Waals surface area contributed by atoms with Crippen LogP contribution >= 0.6 is 22.9 Å². The maximum Gasteiger partial charge on any atom is 0.277 e. The van der Waals surface area contributed by atoms with E-state index in [1.54, 1.807) is 31.2 Å². The van der Waals surface area contributed by atoms with E-state index in [0.29, 0.717) is 21.3 Å². The molecule has 1 amide bonds. The van der Waals surface area contributed by atoms with Crippen LogP contribution in [-0.4, -0.2) is 27.7 Å². The molecular weight excluding hydrogens is 458 g/mol. The third-order valence-corrected chi connectivity index (χ3v) is 7.67. The summed E-state index contributed by atoms with van der Waals surface area (Å²) in [6.07, 6.45) is 0. The summed E-state index contributed by atoms with van der Waals surface area (Å²) in [6, 6.07) is 11.6. The number of benzene rings is 2. The molecule has 0 unspecified atom stereocenters. The molecule has 0 fully saturated rings. The lowest BCUT2D eigenvalue weighted by Crippen LogP contribution is -2.32. The van der Waals surface area contributed by atoms with Crippen LogP contribution in [0.4, 0.5) is 0 Å². The Labute approximate surface area is 176 Å². The normalized spacial score (nSPS) is 12.0. The maximum absolute atomic E-state index is 12.6. The summed E-state index contributed by atoms with van der Waals surface area (Å²) in [7, 11) is -8.82. The number of aromatic nitrogens is 1. The molecule has 3 N–H and O–H groups in total. The van der Waals surface area contributed by atoms with Gasteiger partial charge >= 0.3 is 0 Å². The Balaban J connectivity index is 1.95. The molecule has 29 heavy (non-hydrogen) atoms. The zero-order valence-electron chi connectivity index (χ0n) is 14.8. The number of amides is 1. The number of halogens is 1. The summed E-state index contributed by atoms with van der Waals surface area (Å²) in [6.45, 7) is 1.56. The Kier molecular flexibility index (Phi) is 5.79. The topological polar surface area (TPSA) is 136 Å². The van der Waals surface area contributed by atoms with E-state index in [9.17, 15) is 21.6 Å². The van der Waals surface area contributed by atoms with Crippen LogP contribution in [-0.2, 0) is 20.0 Å². The molecule has 12 heteroatoms. The van der Waals surface area contributed by atoms with E-state index in [2.05, 4.69) is 4.98 Å². The zero-order valence-corrected chi connectivity index (χ0v) is 18.0. The summed E-state index contributed by atoms with van der Waals surface area (Å²) in [4.78, 5) is 15.7. The van der Waals surface area contributed by atoms with Crippen molar-refractivity contribution in [3.05, 3.63) is 64.1 Å². The standard InChI is InChI=1S/C17H14ClN3O5S3/c1-10-15(27-17(20-10)11-5-4-6-12(18)9-11)16(22)21-29(25,26)14-8-3-2-7-13(14)28(19,23)24/h2-9H,1H3,(H,21,22)(H2,19,23,24). The molecule has 0 aliphatic heterocycles. The first kappa shape index (κ1) is 21.4. The minimum absolute atomic E-state index is 0.0663. The van der Waals surface area contributed by atoms with Gasteiger partial charge in [-0.3, -0.25) is 4.79 Å². The highest BCUT2D eigenvalue weighted by molar-refractivity contribution is 7.92. The van der Waals surface area contributed by atoms with Gasteiger partial charge in [0.2, 0.25) is 10.0 Å². The van der Waals surface area contributed by atoms with Crippen molar-refractivity contribution in [1.29, 1.82) is 0 Å². The van der Waals surface area contributed by atoms with Crippen molar-refractivity contribution in [3.8, 4) is 10.6 Å². The average Bonchev–Trinajstić information content (AvgIpc) is 3.03. The fraction of sp³-hybridized carbons (Fsp3) is 0.0588. The van der Waals surface area contributed by atoms with Gasteiger partial charge in [0, 0.05) is 10.6 Å². The van der Waals surface area contributed by atoms with Crippen molar-refractivity contribution in [1.82, 2.24) is 9.71 Å². The predicted octanol–water partition coefficient (Wildman–Crippen LogP) is 2.54. The van der Waals surface area contributed by atoms with Crippen molar-refractivity contribution < 1.29 is 21.6 Å². The lowest BCUT2D eigenvalue weighted by Gasteiger charge is -2.09. The Hall–Kier alpha value is -2.31. The van der Waals surface area contributed by atoms with Crippen molar-refractivity contribution in [2.45, 2.75) is 16.7 Å². The summed E-state index contributed by atoms with van der Waals surface area (Å²) >= 11 is 6.96. The van der Waals surface area contributed by atoms with Crippen LogP contribution < -0.4 is 9.86 Å². The molecule has 0 aliphatic rings. The molecule has 0 saturated heterocycles. The smallest absolute Gasteiger partial charge is 0.267 e. The summed E-state index contributed by atoms with van der Waals surface area (Å²) < 4.78 is 50.5. The van der Waals surface area contributed by atoms with Gasteiger partial charge in [-0.05, 0) is 31.2 Å². The Morgan fingerprint density at radius 3 is 2.34 bits per heavy atom. The molecule has 8 nitrogen and oxygen atoms in total. The number of rotatable bonds is 5. The summed E-state index contributed by atoms with van der Waals surface area (Å²) in [5.41, 5.74) is 0.990. The monoisotopic (exact) mass is 471 g/mol. The molecule has 0 radical (unpaired) electrons. The molecule has 0 aliphatic carbocycles. The van der Waals surface area contributed by atoms with Gasteiger partial charge < -0.3 is 0 Å². The first-order chi connectivity index (χ1) is 13.5. The van der Waals surface area contributed by atoms with Gasteiger partial charge in [-0.1, -0.05) is 35.9 Å². The predicted molar refractivity (Wildman–Crippen MR) is 110 cm³/mol. The number of nitrogens with two attached hydrogens (primary N) is 1. The molecule has 1 heterocycles. The van der Waals surface area contributed by atoms with Crippen LogP contribution in [0, 0.1) is 6.92 Å². The number of sulfonamides is 2. The number of hydrogen-bond donors (Lipinski definition) is 2. The number of nitrogens with zero attached hydrogens (tertiary/aromatic N) is 1. The number of nitrogens with one attached hydrogen (secondary N) is 1. The second kappa shape index (κ2) is 7.84. The molecule has 0 bridgehead atoms.